The molecule has 2 saturated heterocycles. The van der Waals surface area contributed by atoms with Gasteiger partial charge in [0.15, 0.2) is 0 Å². The number of hydrazine groups is 1. The van der Waals surface area contributed by atoms with E-state index in [2.05, 4.69) is 20.7 Å². The minimum Gasteiger partial charge on any atom is -0.497 e. The third-order valence-electron chi connectivity index (χ3n) is 6.87. The molecule has 2 N–H and O–H groups in total. The lowest BCUT2D eigenvalue weighted by Crippen LogP contribution is -2.68. The molecule has 0 aromatic heterocycles. The van der Waals surface area contributed by atoms with Crippen molar-refractivity contribution in [3.63, 3.8) is 0 Å². The summed E-state index contributed by atoms with van der Waals surface area (Å²) in [5.41, 5.74) is 4.50. The Bertz CT molecular complexity index is 801. The van der Waals surface area contributed by atoms with Gasteiger partial charge in [0, 0.05) is 44.2 Å². The molecule has 8 nitrogen and oxygen atoms in total. The Morgan fingerprint density at radius 2 is 2.10 bits per heavy atom. The normalized spacial score (nSPS) is 28.4. The first-order valence-electron chi connectivity index (χ1n) is 11.4. The molecule has 31 heavy (non-hydrogen) atoms. The van der Waals surface area contributed by atoms with Crippen molar-refractivity contribution in [1.82, 2.24) is 25.6 Å². The summed E-state index contributed by atoms with van der Waals surface area (Å²) in [4.78, 5) is 30.4. The number of carbonyl (C=O) groups is 2. The van der Waals surface area contributed by atoms with Crippen molar-refractivity contribution in [3.05, 3.63) is 29.8 Å². The summed E-state index contributed by atoms with van der Waals surface area (Å²) < 4.78 is 5.37. The van der Waals surface area contributed by atoms with Crippen molar-refractivity contribution in [3.8, 4) is 5.75 Å². The first kappa shape index (κ1) is 22.0. The molecule has 1 aromatic carbocycles. The minimum atomic E-state index is -0.0997. The van der Waals surface area contributed by atoms with Crippen LogP contribution in [0.1, 0.15) is 31.2 Å². The Morgan fingerprint density at radius 3 is 2.87 bits per heavy atom. The van der Waals surface area contributed by atoms with Crippen molar-refractivity contribution < 1.29 is 14.3 Å². The fraction of sp³-hybridized carbons (Fsp3) is 0.652. The zero-order valence-corrected chi connectivity index (χ0v) is 18.8. The van der Waals surface area contributed by atoms with Crippen LogP contribution in [0.2, 0.25) is 0 Å². The number of nitrogens with zero attached hydrogens (tertiary/aromatic N) is 3. The van der Waals surface area contributed by atoms with Gasteiger partial charge in [-0.2, -0.15) is 0 Å². The van der Waals surface area contributed by atoms with Gasteiger partial charge >= 0.3 is 0 Å². The number of rotatable bonds is 7. The minimum absolute atomic E-state index is 0.0268. The van der Waals surface area contributed by atoms with E-state index in [0.29, 0.717) is 19.5 Å². The van der Waals surface area contributed by atoms with Crippen LogP contribution in [0.4, 0.5) is 0 Å². The van der Waals surface area contributed by atoms with Gasteiger partial charge in [-0.15, -0.1) is 0 Å². The lowest BCUT2D eigenvalue weighted by Gasteiger charge is -2.51. The molecular formula is C23H35N5O3. The topological polar surface area (TPSA) is 77.1 Å². The van der Waals surface area contributed by atoms with Gasteiger partial charge in [-0.3, -0.25) is 15.0 Å². The van der Waals surface area contributed by atoms with Gasteiger partial charge in [-0.25, -0.2) is 5.01 Å². The Hall–Kier alpha value is -2.16. The molecule has 1 saturated carbocycles. The molecule has 2 amide bonds. The lowest BCUT2D eigenvalue weighted by atomic mass is 9.78. The molecule has 2 heterocycles. The van der Waals surface area contributed by atoms with Crippen LogP contribution in [-0.4, -0.2) is 85.6 Å². The van der Waals surface area contributed by atoms with Crippen LogP contribution in [0.5, 0.6) is 5.75 Å². The number of fused-ring (bicyclic) bond motifs is 3. The summed E-state index contributed by atoms with van der Waals surface area (Å²) in [6.07, 6.45) is 3.33. The molecule has 1 aliphatic carbocycles. The number of ether oxygens (including phenoxy) is 1. The maximum atomic E-state index is 13.5. The van der Waals surface area contributed by atoms with E-state index in [4.69, 9.17) is 4.74 Å². The van der Waals surface area contributed by atoms with Crippen molar-refractivity contribution >= 4 is 11.8 Å². The van der Waals surface area contributed by atoms with Crippen molar-refractivity contribution in [2.24, 2.45) is 5.92 Å². The number of hydrogen-bond acceptors (Lipinski definition) is 6. The highest BCUT2D eigenvalue weighted by molar-refractivity contribution is 5.84. The molecular weight excluding hydrogens is 394 g/mol. The first-order chi connectivity index (χ1) is 15.0. The third kappa shape index (κ3) is 4.71. The molecule has 0 bridgehead atoms. The number of carbonyl (C=O) groups excluding carboxylic acids is 2. The van der Waals surface area contributed by atoms with Crippen LogP contribution < -0.4 is 15.5 Å². The maximum absolute atomic E-state index is 13.5. The predicted molar refractivity (Wildman–Crippen MR) is 118 cm³/mol. The van der Waals surface area contributed by atoms with E-state index in [1.54, 1.807) is 7.11 Å². The second-order valence-corrected chi connectivity index (χ2v) is 9.18. The zero-order chi connectivity index (χ0) is 22.0. The van der Waals surface area contributed by atoms with Crippen LogP contribution in [0, 0.1) is 5.92 Å². The lowest BCUT2D eigenvalue weighted by molar-refractivity contribution is -0.157. The number of nitrogens with one attached hydrogen (secondary N) is 2. The number of likely N-dealkylation sites (N-methyl/N-ethyl adjacent to an activating group) is 1. The van der Waals surface area contributed by atoms with E-state index in [-0.39, 0.29) is 35.9 Å². The fourth-order valence-electron chi connectivity index (χ4n) is 5.26. The van der Waals surface area contributed by atoms with Crippen molar-refractivity contribution in [2.75, 3.05) is 40.8 Å². The van der Waals surface area contributed by atoms with E-state index < -0.39 is 0 Å². The van der Waals surface area contributed by atoms with Crippen LogP contribution in [0.3, 0.4) is 0 Å². The Labute approximate surface area is 184 Å². The van der Waals surface area contributed by atoms with Gasteiger partial charge in [0.1, 0.15) is 11.8 Å². The van der Waals surface area contributed by atoms with Crippen molar-refractivity contribution in [1.29, 1.82) is 0 Å². The average molecular weight is 430 g/mol. The number of benzene rings is 1. The van der Waals surface area contributed by atoms with Gasteiger partial charge in [-0.1, -0.05) is 12.1 Å². The van der Waals surface area contributed by atoms with Crippen LogP contribution >= 0.6 is 0 Å². The summed E-state index contributed by atoms with van der Waals surface area (Å²) in [6.45, 7) is 2.86. The number of piperazine rings is 1. The largest absolute Gasteiger partial charge is 0.497 e. The highest BCUT2D eigenvalue weighted by Gasteiger charge is 2.51. The van der Waals surface area contributed by atoms with E-state index in [1.807, 2.05) is 43.3 Å². The first-order valence-corrected chi connectivity index (χ1v) is 11.4. The van der Waals surface area contributed by atoms with Gasteiger partial charge in [-0.05, 0) is 57.5 Å². The second kappa shape index (κ2) is 9.54. The highest BCUT2D eigenvalue weighted by atomic mass is 16.5. The standard InChI is InChI=1S/C23H35N5O3/c1-26(2)12-11-24-22(29)17-7-8-19-21(14-17)27(23(30)20-9-10-25-28(19)20)15-16-5-4-6-18(13-16)31-3/h4-6,13,17,19-21,25H,7-12,14-15H2,1-3H3,(H,24,29). The van der Waals surface area contributed by atoms with Crippen molar-refractivity contribution in [2.45, 2.75) is 50.4 Å². The molecule has 4 atom stereocenters. The van der Waals surface area contributed by atoms with Crippen LogP contribution in [0.15, 0.2) is 24.3 Å². The molecule has 3 aliphatic rings. The van der Waals surface area contributed by atoms with E-state index in [9.17, 15) is 9.59 Å². The smallest absolute Gasteiger partial charge is 0.242 e. The Morgan fingerprint density at radius 1 is 1.26 bits per heavy atom. The number of hydrogen-bond donors (Lipinski definition) is 2. The van der Waals surface area contributed by atoms with Crippen LogP contribution in [0.25, 0.3) is 0 Å². The molecule has 2 aliphatic heterocycles. The molecule has 0 radical (unpaired) electrons. The summed E-state index contributed by atoms with van der Waals surface area (Å²) >= 11 is 0. The fourth-order valence-corrected chi connectivity index (χ4v) is 5.26. The molecule has 4 unspecified atom stereocenters. The quantitative estimate of drug-likeness (QED) is 0.669. The highest BCUT2D eigenvalue weighted by Crippen LogP contribution is 2.38. The van der Waals surface area contributed by atoms with Gasteiger partial charge in [0.25, 0.3) is 0 Å². The van der Waals surface area contributed by atoms with E-state index in [0.717, 1.165) is 43.7 Å². The molecule has 170 valence electrons. The average Bonchev–Trinajstić information content (AvgIpc) is 3.26. The SMILES string of the molecule is COc1cccc(CN2C(=O)C3CCNN3C3CCC(C(=O)NCCN(C)C)CC32)c1. The zero-order valence-electron chi connectivity index (χ0n) is 18.8. The van der Waals surface area contributed by atoms with E-state index in [1.165, 1.54) is 0 Å². The summed E-state index contributed by atoms with van der Waals surface area (Å²) in [5, 5.41) is 5.28. The maximum Gasteiger partial charge on any atom is 0.242 e. The Balaban J connectivity index is 1.51. The molecule has 3 fully saturated rings. The van der Waals surface area contributed by atoms with E-state index >= 15 is 0 Å². The second-order valence-electron chi connectivity index (χ2n) is 9.18. The molecule has 8 heteroatoms. The Kier molecular flexibility index (Phi) is 6.79. The molecule has 4 rings (SSSR count). The number of methoxy groups -OCH3 is 1. The number of amides is 2. The summed E-state index contributed by atoms with van der Waals surface area (Å²) in [5.74, 6) is 1.03. The molecule has 1 aromatic rings. The third-order valence-corrected chi connectivity index (χ3v) is 6.87. The summed E-state index contributed by atoms with van der Waals surface area (Å²) in [6, 6.07) is 8.10. The van der Waals surface area contributed by atoms with Crippen LogP contribution in [-0.2, 0) is 16.1 Å². The predicted octanol–water partition coefficient (Wildman–Crippen LogP) is 0.831. The monoisotopic (exact) mass is 429 g/mol. The van der Waals surface area contributed by atoms with Gasteiger partial charge in [0.2, 0.25) is 11.8 Å². The molecule has 0 spiro atoms. The van der Waals surface area contributed by atoms with Gasteiger partial charge < -0.3 is 19.9 Å². The summed E-state index contributed by atoms with van der Waals surface area (Å²) in [7, 11) is 5.66. The van der Waals surface area contributed by atoms with Gasteiger partial charge in [0.05, 0.1) is 7.11 Å².